The number of hydrogen-bond donors (Lipinski definition) is 0. The Morgan fingerprint density at radius 2 is 1.70 bits per heavy atom. The van der Waals surface area contributed by atoms with Gasteiger partial charge in [-0.05, 0) is 24.3 Å². The molecular weight excluding hydrogens is 314 g/mol. The average molecular weight is 334 g/mol. The molecule has 0 aliphatic heterocycles. The second-order valence-corrected chi connectivity index (χ2v) is 5.63. The lowest BCUT2D eigenvalue weighted by atomic mass is 10.1. The monoisotopic (exact) mass is 333 g/mol. The maximum atomic E-state index is 12.5. The van der Waals surface area contributed by atoms with Gasteiger partial charge in [0, 0.05) is 29.7 Å². The van der Waals surface area contributed by atoms with Gasteiger partial charge in [0.05, 0.1) is 20.6 Å². The summed E-state index contributed by atoms with van der Waals surface area (Å²) >= 11 is 6.03. The molecule has 122 valence electrons. The Labute approximate surface area is 141 Å². The predicted octanol–water partition coefficient (Wildman–Crippen LogP) is 3.56. The van der Waals surface area contributed by atoms with E-state index in [1.165, 1.54) is 0 Å². The van der Waals surface area contributed by atoms with E-state index < -0.39 is 0 Å². The second-order valence-electron chi connectivity index (χ2n) is 5.19. The fourth-order valence-corrected chi connectivity index (χ4v) is 2.56. The van der Waals surface area contributed by atoms with Crippen LogP contribution >= 0.6 is 11.6 Å². The Morgan fingerprint density at radius 3 is 2.39 bits per heavy atom. The van der Waals surface area contributed by atoms with Gasteiger partial charge in [-0.3, -0.25) is 4.79 Å². The number of para-hydroxylation sites is 1. The fourth-order valence-electron chi connectivity index (χ4n) is 2.36. The van der Waals surface area contributed by atoms with Crippen molar-refractivity contribution in [3.05, 3.63) is 58.6 Å². The van der Waals surface area contributed by atoms with E-state index in [2.05, 4.69) is 0 Å². The van der Waals surface area contributed by atoms with Crippen LogP contribution in [0.3, 0.4) is 0 Å². The molecule has 0 saturated carbocycles. The van der Waals surface area contributed by atoms with Crippen molar-refractivity contribution >= 4 is 17.5 Å². The molecule has 0 heterocycles. The van der Waals surface area contributed by atoms with Crippen LogP contribution in [-0.4, -0.2) is 32.1 Å². The molecule has 0 fully saturated rings. The van der Waals surface area contributed by atoms with Crippen molar-refractivity contribution in [1.82, 2.24) is 4.90 Å². The summed E-state index contributed by atoms with van der Waals surface area (Å²) in [7, 11) is 4.96. The Bertz CT molecular complexity index is 688. The van der Waals surface area contributed by atoms with Crippen LogP contribution in [0.1, 0.15) is 11.1 Å². The first-order chi connectivity index (χ1) is 11.0. The molecule has 0 aromatic heterocycles. The van der Waals surface area contributed by atoms with Gasteiger partial charge >= 0.3 is 0 Å². The van der Waals surface area contributed by atoms with E-state index in [0.29, 0.717) is 17.3 Å². The van der Waals surface area contributed by atoms with E-state index in [1.807, 2.05) is 30.3 Å². The van der Waals surface area contributed by atoms with Gasteiger partial charge in [-0.25, -0.2) is 0 Å². The molecule has 5 heteroatoms. The van der Waals surface area contributed by atoms with Gasteiger partial charge in [0.25, 0.3) is 0 Å². The third kappa shape index (κ3) is 4.39. The number of amides is 1. The number of carbonyl (C=O) groups is 1. The predicted molar refractivity (Wildman–Crippen MR) is 91.2 cm³/mol. The molecule has 2 aromatic carbocycles. The summed E-state index contributed by atoms with van der Waals surface area (Å²) in [6, 6.07) is 12.9. The summed E-state index contributed by atoms with van der Waals surface area (Å²) in [4.78, 5) is 14.1. The molecule has 0 aliphatic rings. The first-order valence-corrected chi connectivity index (χ1v) is 7.61. The van der Waals surface area contributed by atoms with Gasteiger partial charge < -0.3 is 14.4 Å². The molecule has 2 rings (SSSR count). The van der Waals surface area contributed by atoms with Gasteiger partial charge in [-0.2, -0.15) is 0 Å². The molecule has 0 aliphatic carbocycles. The van der Waals surface area contributed by atoms with Crippen LogP contribution in [0.4, 0.5) is 0 Å². The molecule has 0 N–H and O–H groups in total. The highest BCUT2D eigenvalue weighted by Crippen LogP contribution is 2.24. The normalized spacial score (nSPS) is 10.3. The highest BCUT2D eigenvalue weighted by Gasteiger charge is 2.15. The van der Waals surface area contributed by atoms with E-state index in [4.69, 9.17) is 21.1 Å². The highest BCUT2D eigenvalue weighted by molar-refractivity contribution is 6.30. The van der Waals surface area contributed by atoms with Crippen LogP contribution in [0.15, 0.2) is 42.5 Å². The summed E-state index contributed by atoms with van der Waals surface area (Å²) in [5.41, 5.74) is 1.74. The van der Waals surface area contributed by atoms with Gasteiger partial charge in [0.1, 0.15) is 11.5 Å². The zero-order valence-corrected chi connectivity index (χ0v) is 14.3. The van der Waals surface area contributed by atoms with Crippen LogP contribution in [0.25, 0.3) is 0 Å². The number of ether oxygens (including phenoxy) is 2. The highest BCUT2D eigenvalue weighted by atomic mass is 35.5. The first-order valence-electron chi connectivity index (χ1n) is 7.23. The Morgan fingerprint density at radius 1 is 1.04 bits per heavy atom. The molecule has 0 atom stereocenters. The van der Waals surface area contributed by atoms with Crippen molar-refractivity contribution in [1.29, 1.82) is 0 Å². The average Bonchev–Trinajstić information content (AvgIpc) is 2.55. The lowest BCUT2D eigenvalue weighted by molar-refractivity contribution is -0.129. The molecule has 0 spiro atoms. The van der Waals surface area contributed by atoms with E-state index >= 15 is 0 Å². The number of nitrogens with zero attached hydrogens (tertiary/aromatic N) is 1. The largest absolute Gasteiger partial charge is 0.496 e. The van der Waals surface area contributed by atoms with Crippen molar-refractivity contribution in [2.75, 3.05) is 21.3 Å². The summed E-state index contributed by atoms with van der Waals surface area (Å²) in [5, 5.41) is 0.617. The number of benzene rings is 2. The molecular formula is C18H20ClNO3. The lowest BCUT2D eigenvalue weighted by Gasteiger charge is -2.19. The van der Waals surface area contributed by atoms with E-state index in [1.54, 1.807) is 38.3 Å². The minimum atomic E-state index is -0.00321. The van der Waals surface area contributed by atoms with Crippen molar-refractivity contribution in [2.45, 2.75) is 13.0 Å². The molecule has 0 saturated heterocycles. The summed E-state index contributed by atoms with van der Waals surface area (Å²) in [5.74, 6) is 1.43. The standard InChI is InChI=1S/C18H20ClNO3/c1-20(12-14-10-15(19)8-9-17(14)23-3)18(21)11-13-6-4-5-7-16(13)22-2/h4-10H,11-12H2,1-3H3. The summed E-state index contributed by atoms with van der Waals surface area (Å²) in [6.45, 7) is 0.428. The van der Waals surface area contributed by atoms with Crippen LogP contribution < -0.4 is 9.47 Å². The van der Waals surface area contributed by atoms with Crippen LogP contribution in [0, 0.1) is 0 Å². The lowest BCUT2D eigenvalue weighted by Crippen LogP contribution is -2.28. The Balaban J connectivity index is 2.10. The zero-order valence-electron chi connectivity index (χ0n) is 13.5. The van der Waals surface area contributed by atoms with Gasteiger partial charge in [-0.15, -0.1) is 0 Å². The molecule has 23 heavy (non-hydrogen) atoms. The Kier molecular flexibility index (Phi) is 5.88. The number of carbonyl (C=O) groups excluding carboxylic acids is 1. The molecule has 0 unspecified atom stereocenters. The number of methoxy groups -OCH3 is 2. The summed E-state index contributed by atoms with van der Waals surface area (Å²) < 4.78 is 10.6. The molecule has 1 amide bonds. The van der Waals surface area contributed by atoms with E-state index in [-0.39, 0.29) is 12.3 Å². The smallest absolute Gasteiger partial charge is 0.227 e. The number of likely N-dealkylation sites (N-methyl/N-ethyl adjacent to an activating group) is 1. The zero-order chi connectivity index (χ0) is 16.8. The van der Waals surface area contributed by atoms with Crippen molar-refractivity contribution in [3.63, 3.8) is 0 Å². The van der Waals surface area contributed by atoms with Crippen molar-refractivity contribution in [2.24, 2.45) is 0 Å². The minimum absolute atomic E-state index is 0.00321. The maximum Gasteiger partial charge on any atom is 0.227 e. The first kappa shape index (κ1) is 17.2. The Hall–Kier alpha value is -2.20. The third-order valence-corrected chi connectivity index (χ3v) is 3.85. The number of halogens is 1. The topological polar surface area (TPSA) is 38.8 Å². The van der Waals surface area contributed by atoms with Gasteiger partial charge in [0.15, 0.2) is 0 Å². The number of hydrogen-bond acceptors (Lipinski definition) is 3. The van der Waals surface area contributed by atoms with Crippen LogP contribution in [0.5, 0.6) is 11.5 Å². The minimum Gasteiger partial charge on any atom is -0.496 e. The maximum absolute atomic E-state index is 12.5. The summed E-state index contributed by atoms with van der Waals surface area (Å²) in [6.07, 6.45) is 0.281. The van der Waals surface area contributed by atoms with Crippen molar-refractivity contribution in [3.8, 4) is 11.5 Å². The van der Waals surface area contributed by atoms with Gasteiger partial charge in [0.2, 0.25) is 5.91 Å². The van der Waals surface area contributed by atoms with E-state index in [9.17, 15) is 4.79 Å². The van der Waals surface area contributed by atoms with E-state index in [0.717, 1.165) is 16.9 Å². The van der Waals surface area contributed by atoms with Crippen LogP contribution in [-0.2, 0) is 17.8 Å². The quantitative estimate of drug-likeness (QED) is 0.811. The molecule has 0 radical (unpaired) electrons. The second kappa shape index (κ2) is 7.88. The molecule has 0 bridgehead atoms. The van der Waals surface area contributed by atoms with Crippen LogP contribution in [0.2, 0.25) is 5.02 Å². The number of rotatable bonds is 6. The SMILES string of the molecule is COc1ccccc1CC(=O)N(C)Cc1cc(Cl)ccc1OC. The molecule has 4 nitrogen and oxygen atoms in total. The fraction of sp³-hybridized carbons (Fsp3) is 0.278. The molecule has 2 aromatic rings. The third-order valence-electron chi connectivity index (χ3n) is 3.61. The van der Waals surface area contributed by atoms with Crippen molar-refractivity contribution < 1.29 is 14.3 Å². The van der Waals surface area contributed by atoms with Gasteiger partial charge in [-0.1, -0.05) is 29.8 Å².